The van der Waals surface area contributed by atoms with Gasteiger partial charge >= 0.3 is 0 Å². The number of aryl methyl sites for hydroxylation is 1. The molecule has 5 heteroatoms. The Morgan fingerprint density at radius 1 is 1.06 bits per heavy atom. The lowest BCUT2D eigenvalue weighted by Gasteiger charge is -2.14. The van der Waals surface area contributed by atoms with Crippen LogP contribution in [-0.4, -0.2) is 27.4 Å². The van der Waals surface area contributed by atoms with Gasteiger partial charge in [0.25, 0.3) is 0 Å². The average Bonchev–Trinajstić information content (AvgIpc) is 2.34. The van der Waals surface area contributed by atoms with Crippen LogP contribution < -0.4 is 19.9 Å². The van der Waals surface area contributed by atoms with Gasteiger partial charge in [0.2, 0.25) is 5.75 Å². The van der Waals surface area contributed by atoms with Gasteiger partial charge in [-0.2, -0.15) is 0 Å². The summed E-state index contributed by atoms with van der Waals surface area (Å²) in [5.74, 6) is 2.00. The third kappa shape index (κ3) is 4.27. The first-order valence-electron chi connectivity index (χ1n) is 5.66. The summed E-state index contributed by atoms with van der Waals surface area (Å²) in [5.41, 5.74) is 6.89. The Bertz CT molecular complexity index is 344. The Morgan fingerprint density at radius 2 is 1.56 bits per heavy atom. The number of hydrogen-bond acceptors (Lipinski definition) is 4. The quantitative estimate of drug-likeness (QED) is 0.866. The van der Waals surface area contributed by atoms with Crippen LogP contribution in [0.2, 0.25) is 0 Å². The van der Waals surface area contributed by atoms with E-state index in [0.717, 1.165) is 18.4 Å². The first-order chi connectivity index (χ1) is 8.12. The van der Waals surface area contributed by atoms with Crippen LogP contribution in [0, 0.1) is 0 Å². The van der Waals surface area contributed by atoms with E-state index in [1.807, 2.05) is 19.1 Å². The molecule has 0 radical (unpaired) electrons. The maximum Gasteiger partial charge on any atom is 0.203 e. The van der Waals surface area contributed by atoms with Crippen molar-refractivity contribution < 1.29 is 14.2 Å². The summed E-state index contributed by atoms with van der Waals surface area (Å²) in [6.45, 7) is 2.00. The smallest absolute Gasteiger partial charge is 0.203 e. The van der Waals surface area contributed by atoms with Gasteiger partial charge in [0, 0.05) is 6.04 Å². The summed E-state index contributed by atoms with van der Waals surface area (Å²) < 4.78 is 15.8. The zero-order valence-electron chi connectivity index (χ0n) is 11.4. The van der Waals surface area contributed by atoms with E-state index in [2.05, 4.69) is 0 Å². The molecule has 0 fully saturated rings. The monoisotopic (exact) mass is 275 g/mol. The molecule has 1 atom stereocenters. The molecule has 0 saturated carbocycles. The lowest BCUT2D eigenvalue weighted by Crippen LogP contribution is -2.15. The van der Waals surface area contributed by atoms with Crippen molar-refractivity contribution in [3.05, 3.63) is 17.7 Å². The molecule has 18 heavy (non-hydrogen) atoms. The van der Waals surface area contributed by atoms with E-state index in [0.29, 0.717) is 17.2 Å². The zero-order chi connectivity index (χ0) is 12.8. The van der Waals surface area contributed by atoms with E-state index < -0.39 is 0 Å². The standard InChI is InChI=1S/C13H21NO3.ClH/c1-9(14)5-6-10-7-11(15-2)13(17-4)12(8-10)16-3;/h7-9H,5-6,14H2,1-4H3;1H. The minimum Gasteiger partial charge on any atom is -0.493 e. The van der Waals surface area contributed by atoms with Crippen LogP contribution in [0.3, 0.4) is 0 Å². The molecule has 0 aromatic heterocycles. The number of halogens is 1. The molecule has 0 aliphatic heterocycles. The van der Waals surface area contributed by atoms with Gasteiger partial charge in [0.05, 0.1) is 21.3 Å². The highest BCUT2D eigenvalue weighted by atomic mass is 35.5. The molecule has 4 nitrogen and oxygen atoms in total. The Balaban J connectivity index is 0.00000289. The van der Waals surface area contributed by atoms with E-state index in [1.165, 1.54) is 0 Å². The van der Waals surface area contributed by atoms with Crippen molar-refractivity contribution in [3.63, 3.8) is 0 Å². The fraction of sp³-hybridized carbons (Fsp3) is 0.538. The van der Waals surface area contributed by atoms with Crippen molar-refractivity contribution in [1.29, 1.82) is 0 Å². The molecular weight excluding hydrogens is 254 g/mol. The van der Waals surface area contributed by atoms with Crippen LogP contribution in [0.1, 0.15) is 18.9 Å². The predicted molar refractivity (Wildman–Crippen MR) is 75.3 cm³/mol. The first kappa shape index (κ1) is 16.9. The SMILES string of the molecule is COc1cc(CCC(C)N)cc(OC)c1OC.Cl. The Kier molecular flexibility index (Phi) is 7.55. The highest BCUT2D eigenvalue weighted by Crippen LogP contribution is 2.38. The third-order valence-corrected chi connectivity index (χ3v) is 2.61. The lowest BCUT2D eigenvalue weighted by molar-refractivity contribution is 0.323. The molecule has 0 aliphatic carbocycles. The molecule has 1 rings (SSSR count). The minimum atomic E-state index is 0. The van der Waals surface area contributed by atoms with Crippen molar-refractivity contribution >= 4 is 12.4 Å². The van der Waals surface area contributed by atoms with Crippen LogP contribution in [0.4, 0.5) is 0 Å². The second-order valence-electron chi connectivity index (χ2n) is 4.05. The topological polar surface area (TPSA) is 53.7 Å². The van der Waals surface area contributed by atoms with Gasteiger partial charge in [-0.05, 0) is 37.5 Å². The highest BCUT2D eigenvalue weighted by Gasteiger charge is 2.13. The molecular formula is C13H22ClNO3. The number of benzene rings is 1. The summed E-state index contributed by atoms with van der Waals surface area (Å²) in [6.07, 6.45) is 1.83. The van der Waals surface area contributed by atoms with Crippen molar-refractivity contribution in [1.82, 2.24) is 0 Å². The largest absolute Gasteiger partial charge is 0.493 e. The molecule has 1 aromatic carbocycles. The van der Waals surface area contributed by atoms with Gasteiger partial charge in [0.1, 0.15) is 0 Å². The first-order valence-corrected chi connectivity index (χ1v) is 5.66. The van der Waals surface area contributed by atoms with Crippen molar-refractivity contribution in [3.8, 4) is 17.2 Å². The number of ether oxygens (including phenoxy) is 3. The Hall–Kier alpha value is -1.13. The maximum absolute atomic E-state index is 5.75. The number of hydrogen-bond donors (Lipinski definition) is 1. The average molecular weight is 276 g/mol. The van der Waals surface area contributed by atoms with E-state index in [-0.39, 0.29) is 18.4 Å². The van der Waals surface area contributed by atoms with Gasteiger partial charge < -0.3 is 19.9 Å². The molecule has 104 valence electrons. The highest BCUT2D eigenvalue weighted by molar-refractivity contribution is 5.85. The van der Waals surface area contributed by atoms with E-state index in [9.17, 15) is 0 Å². The van der Waals surface area contributed by atoms with E-state index in [1.54, 1.807) is 21.3 Å². The van der Waals surface area contributed by atoms with E-state index >= 15 is 0 Å². The Morgan fingerprint density at radius 3 is 1.89 bits per heavy atom. The molecule has 0 aliphatic rings. The molecule has 0 saturated heterocycles. The van der Waals surface area contributed by atoms with Gasteiger partial charge in [-0.3, -0.25) is 0 Å². The van der Waals surface area contributed by atoms with Gasteiger partial charge in [-0.1, -0.05) is 0 Å². The van der Waals surface area contributed by atoms with Crippen LogP contribution in [0.25, 0.3) is 0 Å². The fourth-order valence-corrected chi connectivity index (χ4v) is 1.67. The van der Waals surface area contributed by atoms with Crippen LogP contribution in [-0.2, 0) is 6.42 Å². The van der Waals surface area contributed by atoms with Crippen molar-refractivity contribution in [2.45, 2.75) is 25.8 Å². The number of methoxy groups -OCH3 is 3. The van der Waals surface area contributed by atoms with E-state index in [4.69, 9.17) is 19.9 Å². The molecule has 0 spiro atoms. The summed E-state index contributed by atoms with van der Waals surface area (Å²) in [5, 5.41) is 0. The third-order valence-electron chi connectivity index (χ3n) is 2.61. The summed E-state index contributed by atoms with van der Waals surface area (Å²) in [7, 11) is 4.83. The van der Waals surface area contributed by atoms with Crippen molar-refractivity contribution in [2.24, 2.45) is 5.73 Å². The molecule has 0 heterocycles. The van der Waals surface area contributed by atoms with Crippen molar-refractivity contribution in [2.75, 3.05) is 21.3 Å². The van der Waals surface area contributed by atoms with Gasteiger partial charge in [-0.15, -0.1) is 12.4 Å². The molecule has 2 N–H and O–H groups in total. The lowest BCUT2D eigenvalue weighted by atomic mass is 10.1. The Labute approximate surface area is 115 Å². The maximum atomic E-state index is 5.75. The normalized spacial score (nSPS) is 11.4. The summed E-state index contributed by atoms with van der Waals surface area (Å²) in [4.78, 5) is 0. The molecule has 1 aromatic rings. The predicted octanol–water partition coefficient (Wildman–Crippen LogP) is 2.41. The zero-order valence-corrected chi connectivity index (χ0v) is 12.2. The van der Waals surface area contributed by atoms with Gasteiger partial charge in [-0.25, -0.2) is 0 Å². The molecule has 1 unspecified atom stereocenters. The number of rotatable bonds is 6. The summed E-state index contributed by atoms with van der Waals surface area (Å²) in [6, 6.07) is 4.11. The molecule has 0 amide bonds. The van der Waals surface area contributed by atoms with Gasteiger partial charge in [0.15, 0.2) is 11.5 Å². The van der Waals surface area contributed by atoms with Crippen LogP contribution >= 0.6 is 12.4 Å². The second kappa shape index (κ2) is 8.06. The second-order valence-corrected chi connectivity index (χ2v) is 4.05. The fourth-order valence-electron chi connectivity index (χ4n) is 1.67. The number of nitrogens with two attached hydrogens (primary N) is 1. The minimum absolute atomic E-state index is 0. The van der Waals surface area contributed by atoms with Crippen LogP contribution in [0.15, 0.2) is 12.1 Å². The van der Waals surface area contributed by atoms with Crippen LogP contribution in [0.5, 0.6) is 17.2 Å². The summed E-state index contributed by atoms with van der Waals surface area (Å²) >= 11 is 0. The molecule has 0 bridgehead atoms.